The minimum Gasteiger partial charge on any atom is -0.398 e. The zero-order valence-electron chi connectivity index (χ0n) is 11.8. The summed E-state index contributed by atoms with van der Waals surface area (Å²) in [5, 5.41) is 3.28. The summed E-state index contributed by atoms with van der Waals surface area (Å²) in [7, 11) is 0. The fourth-order valence-corrected chi connectivity index (χ4v) is 1.95. The molecule has 0 heterocycles. The number of anilines is 2. The van der Waals surface area contributed by atoms with Gasteiger partial charge in [-0.3, -0.25) is 4.79 Å². The molecule has 19 heavy (non-hydrogen) atoms. The Morgan fingerprint density at radius 1 is 1.32 bits per heavy atom. The van der Waals surface area contributed by atoms with Crippen molar-refractivity contribution < 1.29 is 4.79 Å². The van der Waals surface area contributed by atoms with Gasteiger partial charge in [-0.2, -0.15) is 0 Å². The summed E-state index contributed by atoms with van der Waals surface area (Å²) in [6.45, 7) is 8.40. The van der Waals surface area contributed by atoms with E-state index in [1.807, 2.05) is 6.07 Å². The lowest BCUT2D eigenvalue weighted by Gasteiger charge is -2.18. The van der Waals surface area contributed by atoms with Crippen LogP contribution in [0.3, 0.4) is 0 Å². The Kier molecular flexibility index (Phi) is 6.15. The van der Waals surface area contributed by atoms with Crippen molar-refractivity contribution in [2.75, 3.05) is 37.2 Å². The van der Waals surface area contributed by atoms with Crippen LogP contribution in [-0.2, 0) is 0 Å². The van der Waals surface area contributed by atoms with Gasteiger partial charge in [-0.05, 0) is 44.3 Å². The van der Waals surface area contributed by atoms with E-state index >= 15 is 0 Å². The first-order chi connectivity index (χ1) is 9.08. The van der Waals surface area contributed by atoms with Gasteiger partial charge in [0.05, 0.1) is 5.56 Å². The molecule has 106 valence electrons. The average Bonchev–Trinajstić information content (AvgIpc) is 2.40. The molecule has 0 aliphatic carbocycles. The van der Waals surface area contributed by atoms with E-state index in [-0.39, 0.29) is 0 Å². The lowest BCUT2D eigenvalue weighted by molar-refractivity contribution is 0.100. The summed E-state index contributed by atoms with van der Waals surface area (Å²) in [5.41, 5.74) is 12.6. The van der Waals surface area contributed by atoms with Gasteiger partial charge in [0.1, 0.15) is 0 Å². The lowest BCUT2D eigenvalue weighted by Crippen LogP contribution is -2.25. The highest BCUT2D eigenvalue weighted by Crippen LogP contribution is 2.17. The van der Waals surface area contributed by atoms with Crippen molar-refractivity contribution in [1.29, 1.82) is 0 Å². The Bertz CT molecular complexity index is 416. The number of rotatable bonds is 8. The van der Waals surface area contributed by atoms with Gasteiger partial charge in [0.15, 0.2) is 0 Å². The van der Waals surface area contributed by atoms with Crippen LogP contribution in [0.4, 0.5) is 11.4 Å². The van der Waals surface area contributed by atoms with Gasteiger partial charge < -0.3 is 21.7 Å². The monoisotopic (exact) mass is 264 g/mol. The maximum atomic E-state index is 11.2. The Balaban J connectivity index is 2.46. The molecule has 1 amide bonds. The van der Waals surface area contributed by atoms with Crippen molar-refractivity contribution in [1.82, 2.24) is 4.90 Å². The third-order valence-corrected chi connectivity index (χ3v) is 3.19. The molecule has 0 aliphatic heterocycles. The number of nitrogen functional groups attached to an aromatic ring is 1. The number of amides is 1. The number of nitrogens with two attached hydrogens (primary N) is 2. The zero-order chi connectivity index (χ0) is 14.3. The number of hydrogen-bond acceptors (Lipinski definition) is 4. The third kappa shape index (κ3) is 4.79. The Hall–Kier alpha value is -1.75. The standard InChI is InChI=1S/C14H24N4O/c1-3-18(4-2)9-5-8-17-11-6-7-13(15)12(10-11)14(16)19/h6-7,10,17H,3-5,8-9,15H2,1-2H3,(H2,16,19). The highest BCUT2D eigenvalue weighted by Gasteiger charge is 2.06. The number of carbonyl (C=O) groups excluding carboxylic acids is 1. The molecule has 5 N–H and O–H groups in total. The molecule has 0 spiro atoms. The van der Waals surface area contributed by atoms with Gasteiger partial charge in [0.25, 0.3) is 5.91 Å². The molecule has 0 aliphatic rings. The number of primary amides is 1. The molecule has 0 saturated heterocycles. The number of nitrogens with zero attached hydrogens (tertiary/aromatic N) is 1. The molecule has 1 aromatic rings. The first-order valence-corrected chi connectivity index (χ1v) is 6.74. The van der Waals surface area contributed by atoms with Gasteiger partial charge in [-0.1, -0.05) is 13.8 Å². The van der Waals surface area contributed by atoms with Crippen LogP contribution >= 0.6 is 0 Å². The van der Waals surface area contributed by atoms with E-state index in [1.165, 1.54) is 0 Å². The number of benzene rings is 1. The van der Waals surface area contributed by atoms with E-state index in [0.717, 1.165) is 38.3 Å². The molecular weight excluding hydrogens is 240 g/mol. The van der Waals surface area contributed by atoms with Gasteiger partial charge in [-0.25, -0.2) is 0 Å². The summed E-state index contributed by atoms with van der Waals surface area (Å²) in [6, 6.07) is 5.26. The molecule has 1 rings (SSSR count). The normalized spacial score (nSPS) is 10.7. The number of nitrogens with one attached hydrogen (secondary N) is 1. The second-order valence-electron chi connectivity index (χ2n) is 4.47. The van der Waals surface area contributed by atoms with Gasteiger partial charge in [0.2, 0.25) is 0 Å². The highest BCUT2D eigenvalue weighted by molar-refractivity contribution is 5.98. The topological polar surface area (TPSA) is 84.4 Å². The Morgan fingerprint density at radius 3 is 2.58 bits per heavy atom. The Morgan fingerprint density at radius 2 is 2.00 bits per heavy atom. The van der Waals surface area contributed by atoms with Crippen LogP contribution < -0.4 is 16.8 Å². The molecule has 5 heteroatoms. The van der Waals surface area contributed by atoms with E-state index in [9.17, 15) is 4.79 Å². The van der Waals surface area contributed by atoms with Crippen LogP contribution in [0, 0.1) is 0 Å². The van der Waals surface area contributed by atoms with Crippen molar-refractivity contribution >= 4 is 17.3 Å². The molecule has 0 bridgehead atoms. The van der Waals surface area contributed by atoms with Crippen molar-refractivity contribution in [3.8, 4) is 0 Å². The lowest BCUT2D eigenvalue weighted by atomic mass is 10.1. The highest BCUT2D eigenvalue weighted by atomic mass is 16.1. The first-order valence-electron chi connectivity index (χ1n) is 6.74. The van der Waals surface area contributed by atoms with E-state index in [1.54, 1.807) is 12.1 Å². The quantitative estimate of drug-likeness (QED) is 0.491. The van der Waals surface area contributed by atoms with Crippen LogP contribution in [-0.4, -0.2) is 37.0 Å². The SMILES string of the molecule is CCN(CC)CCCNc1ccc(N)c(C(N)=O)c1. The number of carbonyl (C=O) groups is 1. The van der Waals surface area contributed by atoms with Gasteiger partial charge in [0, 0.05) is 17.9 Å². The number of hydrogen-bond donors (Lipinski definition) is 3. The predicted octanol–water partition coefficient (Wildman–Crippen LogP) is 1.51. The third-order valence-electron chi connectivity index (χ3n) is 3.19. The summed E-state index contributed by atoms with van der Waals surface area (Å²) in [4.78, 5) is 13.6. The molecule has 0 fully saturated rings. The smallest absolute Gasteiger partial charge is 0.250 e. The molecule has 0 radical (unpaired) electrons. The summed E-state index contributed by atoms with van der Waals surface area (Å²) in [5.74, 6) is -0.496. The maximum absolute atomic E-state index is 11.2. The van der Waals surface area contributed by atoms with Crippen LogP contribution in [0.1, 0.15) is 30.6 Å². The van der Waals surface area contributed by atoms with Crippen LogP contribution in [0.25, 0.3) is 0 Å². The fourth-order valence-electron chi connectivity index (χ4n) is 1.95. The zero-order valence-corrected chi connectivity index (χ0v) is 11.8. The van der Waals surface area contributed by atoms with Crippen molar-refractivity contribution in [2.24, 2.45) is 5.73 Å². The van der Waals surface area contributed by atoms with E-state index < -0.39 is 5.91 Å². The molecule has 0 unspecified atom stereocenters. The molecule has 5 nitrogen and oxygen atoms in total. The van der Waals surface area contributed by atoms with Crippen molar-refractivity contribution in [2.45, 2.75) is 20.3 Å². The molecular formula is C14H24N4O. The molecule has 0 atom stereocenters. The van der Waals surface area contributed by atoms with Crippen LogP contribution in [0.5, 0.6) is 0 Å². The van der Waals surface area contributed by atoms with Gasteiger partial charge in [-0.15, -0.1) is 0 Å². The van der Waals surface area contributed by atoms with Crippen molar-refractivity contribution in [3.63, 3.8) is 0 Å². The van der Waals surface area contributed by atoms with Crippen LogP contribution in [0.15, 0.2) is 18.2 Å². The van der Waals surface area contributed by atoms with Crippen LogP contribution in [0.2, 0.25) is 0 Å². The summed E-state index contributed by atoms with van der Waals surface area (Å²) < 4.78 is 0. The maximum Gasteiger partial charge on any atom is 0.250 e. The predicted molar refractivity (Wildman–Crippen MR) is 80.3 cm³/mol. The molecule has 1 aromatic carbocycles. The van der Waals surface area contributed by atoms with Gasteiger partial charge >= 0.3 is 0 Å². The van der Waals surface area contributed by atoms with E-state index in [0.29, 0.717) is 11.3 Å². The second kappa shape index (κ2) is 7.63. The minimum absolute atomic E-state index is 0.369. The van der Waals surface area contributed by atoms with E-state index in [4.69, 9.17) is 11.5 Å². The molecule has 0 saturated carbocycles. The average molecular weight is 264 g/mol. The summed E-state index contributed by atoms with van der Waals surface area (Å²) in [6.07, 6.45) is 1.05. The van der Waals surface area contributed by atoms with E-state index in [2.05, 4.69) is 24.1 Å². The molecule has 0 aromatic heterocycles. The summed E-state index contributed by atoms with van der Waals surface area (Å²) >= 11 is 0. The van der Waals surface area contributed by atoms with Crippen molar-refractivity contribution in [3.05, 3.63) is 23.8 Å². The Labute approximate surface area is 115 Å². The minimum atomic E-state index is -0.496. The second-order valence-corrected chi connectivity index (χ2v) is 4.47. The first kappa shape index (κ1) is 15.3. The largest absolute Gasteiger partial charge is 0.398 e. The fraction of sp³-hybridized carbons (Fsp3) is 0.500.